The van der Waals surface area contributed by atoms with Crippen molar-refractivity contribution in [2.24, 2.45) is 0 Å². The van der Waals surface area contributed by atoms with Crippen molar-refractivity contribution in [2.75, 3.05) is 6.26 Å². The third-order valence-electron chi connectivity index (χ3n) is 0. The van der Waals surface area contributed by atoms with Crippen LogP contribution in [0.25, 0.3) is 0 Å². The van der Waals surface area contributed by atoms with Crippen molar-refractivity contribution < 1.29 is 11.6 Å². The summed E-state index contributed by atoms with van der Waals surface area (Å²) in [5, 5.41) is 0. The van der Waals surface area contributed by atoms with E-state index in [0.717, 1.165) is 0 Å². The predicted molar refractivity (Wildman–Crippen MR) is 24.7 cm³/mol. The summed E-state index contributed by atoms with van der Waals surface area (Å²) < 4.78 is 16.6. The molecule has 0 rings (SSSR count). The molecule has 0 aliphatic carbocycles. The average molecular weight is 219 g/mol. The molecular weight excluding hydrogens is 213 g/mol. The topological polar surface area (TPSA) is 37.3 Å². The Hall–Kier alpha value is 1.68. The van der Waals surface area contributed by atoms with Gasteiger partial charge in [-0.05, 0) is 0 Å². The zero-order valence-corrected chi connectivity index (χ0v) is 8.23. The van der Waals surface area contributed by atoms with Crippen molar-refractivity contribution in [3.05, 3.63) is 0 Å². The Bertz CT molecular complexity index is 38.7. The van der Waals surface area contributed by atoms with Gasteiger partial charge in [0.2, 0.25) is 0 Å². The first-order valence-electron chi connectivity index (χ1n) is 0.757. The van der Waals surface area contributed by atoms with E-state index in [1.807, 2.05) is 0 Å². The summed E-state index contributed by atoms with van der Waals surface area (Å²) in [6, 6.07) is 0. The monoisotopic (exact) mass is 220 g/mol. The summed E-state index contributed by atoms with van der Waals surface area (Å²) in [4.78, 5) is 0. The van der Waals surface area contributed by atoms with Gasteiger partial charge in [-0.15, -0.1) is 0 Å². The fourth-order valence-corrected chi connectivity index (χ4v) is 0. The van der Waals surface area contributed by atoms with Crippen molar-refractivity contribution in [3.63, 3.8) is 0 Å². The molecule has 0 aromatic carbocycles. The van der Waals surface area contributed by atoms with Crippen molar-refractivity contribution in [2.45, 2.75) is 0 Å². The van der Waals surface area contributed by atoms with E-state index in [1.54, 1.807) is 0 Å². The summed E-state index contributed by atoms with van der Waals surface area (Å²) in [6.07, 6.45) is 1.19. The van der Waals surface area contributed by atoms with Gasteiger partial charge in [-0.3, -0.25) is 0 Å². The standard InChI is InChI=1S/CH4O2S.Ba.2H/c1-4(2)3;;;/h1H3,(H,2,3);;;/q;+2;2*-1. The van der Waals surface area contributed by atoms with Gasteiger partial charge in [0.05, 0.1) is 0 Å². The summed E-state index contributed by atoms with van der Waals surface area (Å²) in [7, 11) is 0. The molecule has 0 spiro atoms. The van der Waals surface area contributed by atoms with Gasteiger partial charge in [-0.2, -0.15) is 0 Å². The Kier molecular flexibility index (Phi) is 11.2. The first-order valence-corrected chi connectivity index (χ1v) is 2.27. The Morgan fingerprint density at radius 1 is 2.00 bits per heavy atom. The van der Waals surface area contributed by atoms with Crippen LogP contribution in [0, 0.1) is 0 Å². The third kappa shape index (κ3) is 27.2. The molecule has 0 fully saturated rings. The van der Waals surface area contributed by atoms with Crippen LogP contribution >= 0.6 is 0 Å². The summed E-state index contributed by atoms with van der Waals surface area (Å²) >= 11 is -1.61. The van der Waals surface area contributed by atoms with Crippen LogP contribution in [0.1, 0.15) is 2.85 Å². The van der Waals surface area contributed by atoms with Crippen molar-refractivity contribution in [1.82, 2.24) is 0 Å². The van der Waals surface area contributed by atoms with Gasteiger partial charge >= 0.3 is 48.9 Å². The van der Waals surface area contributed by atoms with Crippen LogP contribution in [-0.2, 0) is 11.1 Å². The maximum Gasteiger partial charge on any atom is 2.00 e. The average Bonchev–Trinajstić information content (AvgIpc) is 0.811. The second kappa shape index (κ2) is 5.68. The van der Waals surface area contributed by atoms with Gasteiger partial charge in [-0.25, -0.2) is 4.21 Å². The molecule has 0 radical (unpaired) electrons. The van der Waals surface area contributed by atoms with E-state index < -0.39 is 11.1 Å². The van der Waals surface area contributed by atoms with Gasteiger partial charge < -0.3 is 7.41 Å². The zero-order chi connectivity index (χ0) is 3.58. The fraction of sp³-hybridized carbons (Fsp3) is 1.00. The van der Waals surface area contributed by atoms with Crippen LogP contribution in [0.3, 0.4) is 0 Å². The van der Waals surface area contributed by atoms with E-state index >= 15 is 0 Å². The maximum absolute atomic E-state index is 9.11. The first kappa shape index (κ1) is 9.84. The molecule has 0 aliphatic heterocycles. The van der Waals surface area contributed by atoms with Crippen LogP contribution in [0.2, 0.25) is 0 Å². The first-order chi connectivity index (χ1) is 1.73. The Labute approximate surface area is 76.7 Å². The normalized spacial score (nSPS) is 12.4. The minimum absolute atomic E-state index is 0. The minimum Gasteiger partial charge on any atom is -1.00 e. The third-order valence-corrected chi connectivity index (χ3v) is 0. The minimum atomic E-state index is -1.61. The number of hydrogen-bond donors (Lipinski definition) is 1. The largest absolute Gasteiger partial charge is 2.00 e. The molecule has 1 N–H and O–H groups in total. The number of hydrogen-bond acceptors (Lipinski definition) is 1. The Morgan fingerprint density at radius 2 is 2.00 bits per heavy atom. The maximum atomic E-state index is 9.11. The molecule has 0 aliphatic rings. The molecule has 2 nitrogen and oxygen atoms in total. The number of rotatable bonds is 0. The van der Waals surface area contributed by atoms with E-state index in [4.69, 9.17) is 8.76 Å². The molecule has 4 heteroatoms. The van der Waals surface area contributed by atoms with Crippen LogP contribution < -0.4 is 0 Å². The smallest absolute Gasteiger partial charge is 1.00 e. The molecular formula is CH6BaO2S. The van der Waals surface area contributed by atoms with E-state index in [2.05, 4.69) is 0 Å². The molecule has 5 heavy (non-hydrogen) atoms. The van der Waals surface area contributed by atoms with Crippen molar-refractivity contribution in [3.8, 4) is 0 Å². The van der Waals surface area contributed by atoms with Gasteiger partial charge in [0.25, 0.3) is 0 Å². The summed E-state index contributed by atoms with van der Waals surface area (Å²) in [5.41, 5.74) is 0. The zero-order valence-electron chi connectivity index (χ0n) is 4.97. The predicted octanol–water partition coefficient (Wildman–Crippen LogP) is -0.318. The second-order valence-electron chi connectivity index (χ2n) is 0.424. The van der Waals surface area contributed by atoms with Crippen LogP contribution in [-0.4, -0.2) is 63.9 Å². The van der Waals surface area contributed by atoms with Crippen LogP contribution in [0.5, 0.6) is 0 Å². The Morgan fingerprint density at radius 3 is 2.00 bits per heavy atom. The van der Waals surface area contributed by atoms with Crippen molar-refractivity contribution >= 4 is 60.0 Å². The molecule has 0 aromatic rings. The van der Waals surface area contributed by atoms with Crippen molar-refractivity contribution in [1.29, 1.82) is 0 Å². The van der Waals surface area contributed by atoms with Gasteiger partial charge in [0, 0.05) is 6.26 Å². The van der Waals surface area contributed by atoms with E-state index in [9.17, 15) is 0 Å². The van der Waals surface area contributed by atoms with Gasteiger partial charge in [0.1, 0.15) is 11.1 Å². The summed E-state index contributed by atoms with van der Waals surface area (Å²) in [6.45, 7) is 0. The van der Waals surface area contributed by atoms with Gasteiger partial charge in [0.15, 0.2) is 0 Å². The van der Waals surface area contributed by atoms with Gasteiger partial charge in [-0.1, -0.05) is 0 Å². The molecule has 0 bridgehead atoms. The van der Waals surface area contributed by atoms with E-state index in [-0.39, 0.29) is 51.7 Å². The molecule has 0 amide bonds. The fourth-order valence-electron chi connectivity index (χ4n) is 0. The SMILES string of the molecule is CS(=O)O.[Ba+2].[H-].[H-]. The quantitative estimate of drug-likeness (QED) is 0.448. The molecule has 30 valence electrons. The second-order valence-corrected chi connectivity index (χ2v) is 1.27. The molecule has 0 saturated carbocycles. The molecule has 1 unspecified atom stereocenters. The molecule has 1 atom stereocenters. The van der Waals surface area contributed by atoms with Crippen LogP contribution in [0.4, 0.5) is 0 Å². The molecule has 0 aromatic heterocycles. The van der Waals surface area contributed by atoms with Crippen LogP contribution in [0.15, 0.2) is 0 Å². The summed E-state index contributed by atoms with van der Waals surface area (Å²) in [5.74, 6) is 0. The Balaban J connectivity index is -0.0000000150. The molecule has 0 saturated heterocycles. The van der Waals surface area contributed by atoms with E-state index in [0.29, 0.717) is 0 Å². The molecule has 0 heterocycles. The van der Waals surface area contributed by atoms with E-state index in [1.165, 1.54) is 6.26 Å².